The minimum atomic E-state index is -1.75. The molecule has 0 radical (unpaired) electrons. The molecule has 0 aromatic rings. The number of Topliss-reactive ketones (excluding diaryl/α,β-unsaturated/α-hetero) is 1. The van der Waals surface area contributed by atoms with Crippen LogP contribution in [0.3, 0.4) is 0 Å². The standard InChI is InChI=1S/C10H15FO3/c1-2-8(12)10(11)5-3-7(4-6-10)9(13)14/h7H,2-6H2,1H3,(H,13,14). The second kappa shape index (κ2) is 4.07. The SMILES string of the molecule is CCC(=O)C1(F)CCC(C(=O)O)CC1. The van der Waals surface area contributed by atoms with Crippen molar-refractivity contribution in [3.05, 3.63) is 0 Å². The largest absolute Gasteiger partial charge is 0.481 e. The highest BCUT2D eigenvalue weighted by molar-refractivity contribution is 5.87. The Morgan fingerprint density at radius 2 is 1.93 bits per heavy atom. The molecule has 0 spiro atoms. The second-order valence-corrected chi connectivity index (χ2v) is 3.85. The van der Waals surface area contributed by atoms with Crippen LogP contribution in [0.15, 0.2) is 0 Å². The lowest BCUT2D eigenvalue weighted by Crippen LogP contribution is -2.39. The van der Waals surface area contributed by atoms with Gasteiger partial charge in [0.25, 0.3) is 0 Å². The second-order valence-electron chi connectivity index (χ2n) is 3.85. The van der Waals surface area contributed by atoms with Crippen molar-refractivity contribution in [2.45, 2.75) is 44.7 Å². The molecule has 1 saturated carbocycles. The number of aliphatic carboxylic acids is 1. The van der Waals surface area contributed by atoms with Crippen LogP contribution >= 0.6 is 0 Å². The summed E-state index contributed by atoms with van der Waals surface area (Å²) in [5.74, 6) is -1.74. The molecule has 0 atom stereocenters. The van der Waals surface area contributed by atoms with Crippen LogP contribution in [-0.2, 0) is 9.59 Å². The molecule has 1 fully saturated rings. The first kappa shape index (κ1) is 11.1. The molecule has 1 N–H and O–H groups in total. The Balaban J connectivity index is 2.57. The molecule has 0 bridgehead atoms. The van der Waals surface area contributed by atoms with Gasteiger partial charge in [0.15, 0.2) is 11.5 Å². The van der Waals surface area contributed by atoms with E-state index in [0.717, 1.165) is 0 Å². The third-order valence-corrected chi connectivity index (χ3v) is 2.95. The third-order valence-electron chi connectivity index (χ3n) is 2.95. The van der Waals surface area contributed by atoms with Crippen LogP contribution in [0.25, 0.3) is 0 Å². The predicted octanol–water partition coefficient (Wildman–Crippen LogP) is 1.95. The fraction of sp³-hybridized carbons (Fsp3) is 0.800. The summed E-state index contributed by atoms with van der Waals surface area (Å²) in [6.45, 7) is 1.63. The summed E-state index contributed by atoms with van der Waals surface area (Å²) in [5, 5.41) is 8.70. The molecule has 0 heterocycles. The number of alkyl halides is 1. The maximum atomic E-state index is 13.9. The van der Waals surface area contributed by atoms with Gasteiger partial charge in [-0.15, -0.1) is 0 Å². The van der Waals surface area contributed by atoms with Crippen molar-refractivity contribution in [3.63, 3.8) is 0 Å². The molecule has 1 aliphatic carbocycles. The zero-order chi connectivity index (χ0) is 10.8. The first-order valence-electron chi connectivity index (χ1n) is 4.94. The van der Waals surface area contributed by atoms with Gasteiger partial charge in [-0.05, 0) is 25.7 Å². The van der Waals surface area contributed by atoms with Gasteiger partial charge < -0.3 is 5.11 Å². The van der Waals surface area contributed by atoms with Gasteiger partial charge in [0.05, 0.1) is 5.92 Å². The molecular weight excluding hydrogens is 187 g/mol. The topological polar surface area (TPSA) is 54.4 Å². The van der Waals surface area contributed by atoms with Crippen molar-refractivity contribution in [2.75, 3.05) is 0 Å². The Labute approximate surface area is 82.3 Å². The van der Waals surface area contributed by atoms with Crippen molar-refractivity contribution >= 4 is 11.8 Å². The number of carbonyl (C=O) groups excluding carboxylic acids is 1. The van der Waals surface area contributed by atoms with E-state index in [1.54, 1.807) is 6.92 Å². The minimum absolute atomic E-state index is 0.0661. The maximum absolute atomic E-state index is 13.9. The fourth-order valence-electron chi connectivity index (χ4n) is 1.92. The van der Waals surface area contributed by atoms with E-state index in [9.17, 15) is 14.0 Å². The maximum Gasteiger partial charge on any atom is 0.306 e. The number of hydrogen-bond acceptors (Lipinski definition) is 2. The molecule has 0 amide bonds. The summed E-state index contributed by atoms with van der Waals surface area (Å²) in [6.07, 6.45) is 0.872. The molecule has 1 rings (SSSR count). The van der Waals surface area contributed by atoms with Crippen LogP contribution in [0, 0.1) is 5.92 Å². The van der Waals surface area contributed by atoms with Crippen LogP contribution in [0.2, 0.25) is 0 Å². The van der Waals surface area contributed by atoms with Crippen molar-refractivity contribution in [1.29, 1.82) is 0 Å². The van der Waals surface area contributed by atoms with Gasteiger partial charge in [0.1, 0.15) is 0 Å². The van der Waals surface area contributed by atoms with E-state index in [1.165, 1.54) is 0 Å². The number of ketones is 1. The number of rotatable bonds is 3. The number of hydrogen-bond donors (Lipinski definition) is 1. The highest BCUT2D eigenvalue weighted by atomic mass is 19.1. The fourth-order valence-corrected chi connectivity index (χ4v) is 1.92. The number of carboxylic acids is 1. The minimum Gasteiger partial charge on any atom is -0.481 e. The lowest BCUT2D eigenvalue weighted by atomic mass is 9.77. The molecule has 1 aliphatic rings. The summed E-state index contributed by atoms with van der Waals surface area (Å²) in [4.78, 5) is 21.8. The van der Waals surface area contributed by atoms with E-state index < -0.39 is 17.6 Å². The molecule has 80 valence electrons. The average Bonchev–Trinajstić information content (AvgIpc) is 2.17. The van der Waals surface area contributed by atoms with Crippen LogP contribution in [0.5, 0.6) is 0 Å². The molecular formula is C10H15FO3. The molecule has 0 aromatic carbocycles. The number of carbonyl (C=O) groups is 2. The Kier molecular flexibility index (Phi) is 3.24. The highest BCUT2D eigenvalue weighted by Crippen LogP contribution is 2.36. The molecule has 14 heavy (non-hydrogen) atoms. The van der Waals surface area contributed by atoms with Crippen molar-refractivity contribution < 1.29 is 19.1 Å². The van der Waals surface area contributed by atoms with E-state index in [-0.39, 0.29) is 37.9 Å². The lowest BCUT2D eigenvalue weighted by molar-refractivity contribution is -0.146. The average molecular weight is 202 g/mol. The predicted molar refractivity (Wildman–Crippen MR) is 48.7 cm³/mol. The zero-order valence-electron chi connectivity index (χ0n) is 8.25. The number of carboxylic acid groups (broad SMARTS) is 1. The number of halogens is 1. The molecule has 0 aliphatic heterocycles. The van der Waals surface area contributed by atoms with Crippen LogP contribution in [0.4, 0.5) is 4.39 Å². The van der Waals surface area contributed by atoms with Crippen LogP contribution < -0.4 is 0 Å². The summed E-state index contributed by atoms with van der Waals surface area (Å²) in [7, 11) is 0. The quantitative estimate of drug-likeness (QED) is 0.761. The molecule has 0 unspecified atom stereocenters. The van der Waals surface area contributed by atoms with Gasteiger partial charge in [0, 0.05) is 6.42 Å². The van der Waals surface area contributed by atoms with Crippen molar-refractivity contribution in [1.82, 2.24) is 0 Å². The first-order chi connectivity index (χ1) is 6.49. The molecule has 0 saturated heterocycles. The smallest absolute Gasteiger partial charge is 0.306 e. The van der Waals surface area contributed by atoms with Crippen LogP contribution in [0.1, 0.15) is 39.0 Å². The van der Waals surface area contributed by atoms with Crippen molar-refractivity contribution in [3.8, 4) is 0 Å². The zero-order valence-corrected chi connectivity index (χ0v) is 8.25. The van der Waals surface area contributed by atoms with Gasteiger partial charge >= 0.3 is 5.97 Å². The van der Waals surface area contributed by atoms with E-state index in [0.29, 0.717) is 0 Å². The summed E-state index contributed by atoms with van der Waals surface area (Å²) in [6, 6.07) is 0. The lowest BCUT2D eigenvalue weighted by Gasteiger charge is -2.30. The Bertz CT molecular complexity index is 242. The van der Waals surface area contributed by atoms with Gasteiger partial charge in [-0.25, -0.2) is 4.39 Å². The van der Waals surface area contributed by atoms with Gasteiger partial charge in [-0.3, -0.25) is 9.59 Å². The van der Waals surface area contributed by atoms with Crippen molar-refractivity contribution in [2.24, 2.45) is 5.92 Å². The molecule has 3 nitrogen and oxygen atoms in total. The Morgan fingerprint density at radius 3 is 2.29 bits per heavy atom. The summed E-state index contributed by atoms with van der Waals surface area (Å²) >= 11 is 0. The van der Waals surface area contributed by atoms with E-state index in [1.807, 2.05) is 0 Å². The summed E-state index contributed by atoms with van der Waals surface area (Å²) in [5.41, 5.74) is -1.75. The van der Waals surface area contributed by atoms with Gasteiger partial charge in [0.2, 0.25) is 0 Å². The summed E-state index contributed by atoms with van der Waals surface area (Å²) < 4.78 is 13.9. The van der Waals surface area contributed by atoms with E-state index in [2.05, 4.69) is 0 Å². The Hall–Kier alpha value is -0.930. The van der Waals surface area contributed by atoms with E-state index >= 15 is 0 Å². The third kappa shape index (κ3) is 2.11. The normalized spacial score (nSPS) is 32.6. The van der Waals surface area contributed by atoms with E-state index in [4.69, 9.17) is 5.11 Å². The monoisotopic (exact) mass is 202 g/mol. The van der Waals surface area contributed by atoms with Crippen LogP contribution in [-0.4, -0.2) is 22.5 Å². The highest BCUT2D eigenvalue weighted by Gasteiger charge is 2.42. The van der Waals surface area contributed by atoms with Gasteiger partial charge in [-0.1, -0.05) is 6.92 Å². The molecule has 0 aromatic heterocycles. The first-order valence-corrected chi connectivity index (χ1v) is 4.94. The molecule has 4 heteroatoms. The van der Waals surface area contributed by atoms with Gasteiger partial charge in [-0.2, -0.15) is 0 Å². The Morgan fingerprint density at radius 1 is 1.43 bits per heavy atom.